The second kappa shape index (κ2) is 6.19. The third-order valence-electron chi connectivity index (χ3n) is 3.62. The first-order valence-electron chi connectivity index (χ1n) is 6.99. The Bertz CT molecular complexity index is 897. The fourth-order valence-electron chi connectivity index (χ4n) is 2.53. The summed E-state index contributed by atoms with van der Waals surface area (Å²) in [6.45, 7) is 1.94. The molecule has 1 aromatic carbocycles. The van der Waals surface area contributed by atoms with Crippen molar-refractivity contribution >= 4 is 21.7 Å². The molecule has 0 spiro atoms. The van der Waals surface area contributed by atoms with Gasteiger partial charge in [0.25, 0.3) is 0 Å². The van der Waals surface area contributed by atoms with Gasteiger partial charge in [-0.25, -0.2) is 4.98 Å². The maximum absolute atomic E-state index is 9.48. The molecular formula is C18H13BrN4. The molecule has 0 aliphatic rings. The second-order valence-corrected chi connectivity index (χ2v) is 5.97. The van der Waals surface area contributed by atoms with Crippen LogP contribution in [0.2, 0.25) is 0 Å². The van der Waals surface area contributed by atoms with Crippen LogP contribution < -0.4 is 5.73 Å². The van der Waals surface area contributed by atoms with Crippen molar-refractivity contribution in [3.8, 4) is 28.6 Å². The minimum Gasteiger partial charge on any atom is -0.383 e. The molecule has 3 rings (SSSR count). The first-order valence-corrected chi connectivity index (χ1v) is 7.78. The smallest absolute Gasteiger partial charge is 0.142 e. The maximum Gasteiger partial charge on any atom is 0.142 e. The zero-order valence-corrected chi connectivity index (χ0v) is 14.0. The fraction of sp³-hybridized carbons (Fsp3) is 0.0556. The largest absolute Gasteiger partial charge is 0.383 e. The quantitative estimate of drug-likeness (QED) is 0.733. The van der Waals surface area contributed by atoms with E-state index >= 15 is 0 Å². The molecule has 2 heterocycles. The van der Waals surface area contributed by atoms with Gasteiger partial charge in [-0.3, -0.25) is 4.98 Å². The molecule has 112 valence electrons. The van der Waals surface area contributed by atoms with Crippen LogP contribution in [0.15, 0.2) is 53.1 Å². The van der Waals surface area contributed by atoms with Crippen LogP contribution in [0.25, 0.3) is 22.5 Å². The van der Waals surface area contributed by atoms with Gasteiger partial charge in [0.1, 0.15) is 17.5 Å². The van der Waals surface area contributed by atoms with Gasteiger partial charge in [-0.15, -0.1) is 0 Å². The van der Waals surface area contributed by atoms with E-state index in [0.29, 0.717) is 11.3 Å². The minimum atomic E-state index is 0.219. The summed E-state index contributed by atoms with van der Waals surface area (Å²) in [7, 11) is 0. The molecule has 2 N–H and O–H groups in total. The Morgan fingerprint density at radius 2 is 1.87 bits per heavy atom. The highest BCUT2D eigenvalue weighted by atomic mass is 79.9. The lowest BCUT2D eigenvalue weighted by Gasteiger charge is -2.14. The first kappa shape index (κ1) is 15.2. The molecule has 0 atom stereocenters. The fourth-order valence-corrected chi connectivity index (χ4v) is 2.79. The Morgan fingerprint density at radius 3 is 2.48 bits per heavy atom. The van der Waals surface area contributed by atoms with E-state index in [-0.39, 0.29) is 5.82 Å². The third-order valence-corrected chi connectivity index (χ3v) is 4.15. The van der Waals surface area contributed by atoms with Crippen molar-refractivity contribution in [2.45, 2.75) is 6.92 Å². The molecule has 0 aliphatic carbocycles. The number of aromatic nitrogens is 2. The molecule has 0 fully saturated rings. The van der Waals surface area contributed by atoms with E-state index in [4.69, 9.17) is 5.73 Å². The molecule has 2 aromatic heterocycles. The van der Waals surface area contributed by atoms with Crippen molar-refractivity contribution in [2.24, 2.45) is 0 Å². The van der Waals surface area contributed by atoms with E-state index in [2.05, 4.69) is 32.0 Å². The van der Waals surface area contributed by atoms with Crippen molar-refractivity contribution in [3.63, 3.8) is 0 Å². The summed E-state index contributed by atoms with van der Waals surface area (Å²) in [5.41, 5.74) is 10.4. The topological polar surface area (TPSA) is 75.6 Å². The van der Waals surface area contributed by atoms with Crippen LogP contribution in [-0.4, -0.2) is 9.97 Å². The number of nitriles is 1. The summed E-state index contributed by atoms with van der Waals surface area (Å²) in [4.78, 5) is 8.81. The standard InChI is InChI=1S/C18H13BrN4/c1-11-16(15-4-2-3-9-22-15)14(10-20)18(21)23-17(11)12-5-7-13(19)8-6-12/h2-9H,1H3,(H2,21,23). The lowest BCUT2D eigenvalue weighted by molar-refractivity contribution is 1.23. The van der Waals surface area contributed by atoms with Gasteiger partial charge in [-0.2, -0.15) is 5.26 Å². The number of nitrogen functional groups attached to an aromatic ring is 1. The number of nitrogens with two attached hydrogens (primary N) is 1. The van der Waals surface area contributed by atoms with Gasteiger partial charge < -0.3 is 5.73 Å². The summed E-state index contributed by atoms with van der Waals surface area (Å²) in [5.74, 6) is 0.219. The lowest BCUT2D eigenvalue weighted by Crippen LogP contribution is -2.03. The molecule has 0 amide bonds. The van der Waals surface area contributed by atoms with Gasteiger partial charge in [0.15, 0.2) is 0 Å². The molecule has 23 heavy (non-hydrogen) atoms. The second-order valence-electron chi connectivity index (χ2n) is 5.05. The van der Waals surface area contributed by atoms with Crippen molar-refractivity contribution in [1.82, 2.24) is 9.97 Å². The number of benzene rings is 1. The highest BCUT2D eigenvalue weighted by Gasteiger charge is 2.18. The monoisotopic (exact) mass is 364 g/mol. The van der Waals surface area contributed by atoms with E-state index in [1.165, 1.54) is 0 Å². The zero-order valence-electron chi connectivity index (χ0n) is 12.4. The highest BCUT2D eigenvalue weighted by Crippen LogP contribution is 2.34. The Labute approximate surface area is 142 Å². The van der Waals surface area contributed by atoms with Gasteiger partial charge >= 0.3 is 0 Å². The molecule has 0 unspecified atom stereocenters. The van der Waals surface area contributed by atoms with Gasteiger partial charge in [-0.1, -0.05) is 34.1 Å². The maximum atomic E-state index is 9.48. The van der Waals surface area contributed by atoms with Crippen LogP contribution >= 0.6 is 15.9 Å². The van der Waals surface area contributed by atoms with Gasteiger partial charge in [0.2, 0.25) is 0 Å². The Balaban J connectivity index is 2.31. The number of nitrogens with zero attached hydrogens (tertiary/aromatic N) is 3. The van der Waals surface area contributed by atoms with Crippen molar-refractivity contribution in [1.29, 1.82) is 5.26 Å². The molecule has 3 aromatic rings. The van der Waals surface area contributed by atoms with Gasteiger partial charge in [-0.05, 0) is 36.8 Å². The number of anilines is 1. The van der Waals surface area contributed by atoms with E-state index in [0.717, 1.165) is 26.9 Å². The molecule has 0 radical (unpaired) electrons. The normalized spacial score (nSPS) is 10.3. The van der Waals surface area contributed by atoms with E-state index < -0.39 is 0 Å². The summed E-state index contributed by atoms with van der Waals surface area (Å²) < 4.78 is 0.991. The summed E-state index contributed by atoms with van der Waals surface area (Å²) in [6, 6.07) is 15.6. The van der Waals surface area contributed by atoms with Gasteiger partial charge in [0.05, 0.1) is 11.4 Å². The first-order chi connectivity index (χ1) is 11.1. The predicted octanol–water partition coefficient (Wildman–Crippen LogP) is 4.34. The van der Waals surface area contributed by atoms with Crippen LogP contribution in [0.4, 0.5) is 5.82 Å². The van der Waals surface area contributed by atoms with Crippen molar-refractivity contribution in [3.05, 3.63) is 64.3 Å². The molecule has 0 aliphatic heterocycles. The number of hydrogen-bond donors (Lipinski definition) is 1. The average molecular weight is 365 g/mol. The zero-order chi connectivity index (χ0) is 16.4. The third kappa shape index (κ3) is 2.81. The Hall–Kier alpha value is -2.71. The van der Waals surface area contributed by atoms with Crippen molar-refractivity contribution < 1.29 is 0 Å². The van der Waals surface area contributed by atoms with Crippen LogP contribution in [0.3, 0.4) is 0 Å². The summed E-state index contributed by atoms with van der Waals surface area (Å²) >= 11 is 3.43. The van der Waals surface area contributed by atoms with E-state index in [1.54, 1.807) is 6.20 Å². The predicted molar refractivity (Wildman–Crippen MR) is 94.5 cm³/mol. The van der Waals surface area contributed by atoms with Crippen LogP contribution in [0, 0.1) is 18.3 Å². The average Bonchev–Trinajstić information content (AvgIpc) is 2.58. The van der Waals surface area contributed by atoms with Crippen LogP contribution in [0.5, 0.6) is 0 Å². The molecular weight excluding hydrogens is 352 g/mol. The number of halogens is 1. The Morgan fingerprint density at radius 1 is 1.13 bits per heavy atom. The summed E-state index contributed by atoms with van der Waals surface area (Å²) in [6.07, 6.45) is 1.70. The molecule has 0 saturated carbocycles. The minimum absolute atomic E-state index is 0.219. The van der Waals surface area contributed by atoms with Crippen LogP contribution in [0.1, 0.15) is 11.1 Å². The van der Waals surface area contributed by atoms with Crippen LogP contribution in [-0.2, 0) is 0 Å². The van der Waals surface area contributed by atoms with E-state index in [1.807, 2.05) is 49.4 Å². The lowest BCUT2D eigenvalue weighted by atomic mass is 9.95. The van der Waals surface area contributed by atoms with E-state index in [9.17, 15) is 5.26 Å². The molecule has 0 saturated heterocycles. The van der Waals surface area contributed by atoms with Crippen molar-refractivity contribution in [2.75, 3.05) is 5.73 Å². The number of pyridine rings is 2. The Kier molecular flexibility index (Phi) is 4.09. The van der Waals surface area contributed by atoms with Gasteiger partial charge in [0, 0.05) is 21.8 Å². The highest BCUT2D eigenvalue weighted by molar-refractivity contribution is 9.10. The summed E-state index contributed by atoms with van der Waals surface area (Å²) in [5, 5.41) is 9.48. The molecule has 4 nitrogen and oxygen atoms in total. The SMILES string of the molecule is Cc1c(-c2ccc(Br)cc2)nc(N)c(C#N)c1-c1ccccn1. The molecule has 0 bridgehead atoms. The number of rotatable bonds is 2. The number of hydrogen-bond acceptors (Lipinski definition) is 4. The molecule has 5 heteroatoms.